The lowest BCUT2D eigenvalue weighted by atomic mass is 9.90. The van der Waals surface area contributed by atoms with Crippen LogP contribution in [-0.4, -0.2) is 48.3 Å². The number of carbonyl (C=O) groups is 1. The largest absolute Gasteiger partial charge is 0.303 e. The number of amides is 1. The Balaban J connectivity index is 1.69. The normalized spacial score (nSPS) is 16.6. The Hall–Kier alpha value is -3.42. The van der Waals surface area contributed by atoms with Crippen LogP contribution in [-0.2, 0) is 4.79 Å². The van der Waals surface area contributed by atoms with Crippen LogP contribution in [0.4, 0.5) is 0 Å². The third kappa shape index (κ3) is 5.65. The number of aromatic nitrogens is 1. The molecular formula is C32H32BBrN4O. The van der Waals surface area contributed by atoms with Crippen molar-refractivity contribution in [1.29, 1.82) is 0 Å². The number of hydrogen-bond donors (Lipinski definition) is 1. The summed E-state index contributed by atoms with van der Waals surface area (Å²) in [7, 11) is 6.24. The van der Waals surface area contributed by atoms with E-state index in [0.29, 0.717) is 23.7 Å². The van der Waals surface area contributed by atoms with Crippen molar-refractivity contribution < 1.29 is 4.79 Å². The lowest BCUT2D eigenvalue weighted by molar-refractivity contribution is -0.135. The van der Waals surface area contributed by atoms with Crippen LogP contribution in [0.5, 0.6) is 0 Å². The number of hydrogen-bond acceptors (Lipinski definition) is 4. The second kappa shape index (κ2) is 11.8. The molecule has 0 spiro atoms. The Morgan fingerprint density at radius 1 is 1.10 bits per heavy atom. The molecule has 0 bridgehead atoms. The predicted molar refractivity (Wildman–Crippen MR) is 165 cm³/mol. The van der Waals surface area contributed by atoms with Crippen LogP contribution in [0.25, 0.3) is 34.3 Å². The summed E-state index contributed by atoms with van der Waals surface area (Å²) in [6, 6.07) is 24.1. The van der Waals surface area contributed by atoms with E-state index < -0.39 is 0 Å². The number of pyridine rings is 1. The molecule has 196 valence electrons. The standard InChI is InChI=1S/C32H32BBrN4O/c1-4-37(5-2)18-17-30(39)38-29(22-11-14-25(34)15-12-22)20-28(36-38)31-21(3)35-27-16-13-24(33)19-26(27)32(31)23-9-7-6-8-10-23/h6-16,19,29,36H,3-5,17-18,20H2,1-2H3. The second-order valence-electron chi connectivity index (χ2n) is 9.85. The monoisotopic (exact) mass is 578 g/mol. The maximum Gasteiger partial charge on any atom is 0.242 e. The zero-order valence-corrected chi connectivity index (χ0v) is 24.0. The van der Waals surface area contributed by atoms with Crippen molar-refractivity contribution in [2.24, 2.45) is 0 Å². The molecule has 5 nitrogen and oxygen atoms in total. The average Bonchev–Trinajstić information content (AvgIpc) is 3.39. The van der Waals surface area contributed by atoms with Crippen LogP contribution >= 0.6 is 15.9 Å². The van der Waals surface area contributed by atoms with Crippen molar-refractivity contribution in [2.45, 2.75) is 32.7 Å². The van der Waals surface area contributed by atoms with E-state index in [9.17, 15) is 4.79 Å². The van der Waals surface area contributed by atoms with Gasteiger partial charge in [0.25, 0.3) is 0 Å². The Labute approximate surface area is 239 Å². The van der Waals surface area contributed by atoms with Gasteiger partial charge in [0.2, 0.25) is 5.91 Å². The van der Waals surface area contributed by atoms with Gasteiger partial charge in [-0.1, -0.05) is 96.4 Å². The van der Waals surface area contributed by atoms with Crippen LogP contribution in [0.15, 0.2) is 77.3 Å². The molecule has 3 aromatic carbocycles. The summed E-state index contributed by atoms with van der Waals surface area (Å²) in [6.45, 7) is 11.2. The van der Waals surface area contributed by atoms with Gasteiger partial charge in [0.15, 0.2) is 0 Å². The molecule has 2 heterocycles. The molecule has 5 rings (SSSR count). The summed E-state index contributed by atoms with van der Waals surface area (Å²) in [6.07, 6.45) is 1.06. The van der Waals surface area contributed by atoms with Crippen LogP contribution in [0.3, 0.4) is 0 Å². The summed E-state index contributed by atoms with van der Waals surface area (Å²) in [4.78, 5) is 20.8. The summed E-state index contributed by atoms with van der Waals surface area (Å²) in [5.74, 6) is 0.0645. The van der Waals surface area contributed by atoms with Gasteiger partial charge >= 0.3 is 0 Å². The molecule has 1 aliphatic heterocycles. The van der Waals surface area contributed by atoms with Crippen LogP contribution < -0.4 is 21.5 Å². The smallest absolute Gasteiger partial charge is 0.242 e. The molecule has 1 N–H and O–H groups in total. The molecule has 1 aliphatic rings. The van der Waals surface area contributed by atoms with E-state index in [1.807, 2.05) is 48.5 Å². The van der Waals surface area contributed by atoms with Crippen molar-refractivity contribution >= 4 is 58.3 Å². The third-order valence-corrected chi connectivity index (χ3v) is 8.00. The molecule has 1 atom stereocenters. The summed E-state index contributed by atoms with van der Waals surface area (Å²) in [5, 5.41) is 4.35. The molecule has 0 saturated carbocycles. The topological polar surface area (TPSA) is 48.5 Å². The average molecular weight is 579 g/mol. The third-order valence-electron chi connectivity index (χ3n) is 7.47. The fraction of sp³-hybridized carbons (Fsp3) is 0.250. The highest BCUT2D eigenvalue weighted by Gasteiger charge is 2.34. The van der Waals surface area contributed by atoms with Crippen LogP contribution in [0, 0.1) is 0 Å². The maximum absolute atomic E-state index is 13.7. The lowest BCUT2D eigenvalue weighted by Crippen LogP contribution is -2.42. The van der Waals surface area contributed by atoms with E-state index >= 15 is 0 Å². The molecule has 4 aromatic rings. The van der Waals surface area contributed by atoms with Crippen molar-refractivity contribution in [1.82, 2.24) is 20.3 Å². The summed E-state index contributed by atoms with van der Waals surface area (Å²) < 4.78 is 1.00. The van der Waals surface area contributed by atoms with Gasteiger partial charge in [0.05, 0.1) is 16.9 Å². The first kappa shape index (κ1) is 27.2. The fourth-order valence-electron chi connectivity index (χ4n) is 5.37. The number of rotatable bonds is 7. The molecule has 0 aliphatic carbocycles. The van der Waals surface area contributed by atoms with Crippen LogP contribution in [0.1, 0.15) is 38.3 Å². The number of nitrogens with zero attached hydrogens (tertiary/aromatic N) is 3. The van der Waals surface area contributed by atoms with E-state index in [1.54, 1.807) is 5.01 Å². The molecule has 1 fully saturated rings. The van der Waals surface area contributed by atoms with Crippen LogP contribution in [0.2, 0.25) is 0 Å². The molecule has 1 aromatic heterocycles. The van der Waals surface area contributed by atoms with E-state index in [-0.39, 0.29) is 11.9 Å². The van der Waals surface area contributed by atoms with Gasteiger partial charge in [-0.15, -0.1) is 0 Å². The molecule has 1 unspecified atom stereocenters. The molecule has 39 heavy (non-hydrogen) atoms. The first-order valence-electron chi connectivity index (χ1n) is 13.4. The number of carbonyl (C=O) groups excluding carboxylic acids is 1. The molecule has 1 amide bonds. The number of halogens is 1. The molecular weight excluding hydrogens is 547 g/mol. The Morgan fingerprint density at radius 3 is 2.51 bits per heavy atom. The van der Waals surface area contributed by atoms with Gasteiger partial charge in [-0.25, -0.2) is 9.99 Å². The first-order valence-corrected chi connectivity index (χ1v) is 14.2. The van der Waals surface area contributed by atoms with Gasteiger partial charge in [-0.05, 0) is 42.4 Å². The highest BCUT2D eigenvalue weighted by Crippen LogP contribution is 2.34. The van der Waals surface area contributed by atoms with Gasteiger partial charge in [0.1, 0.15) is 7.85 Å². The van der Waals surface area contributed by atoms with Crippen molar-refractivity contribution in [2.75, 3.05) is 19.6 Å². The minimum atomic E-state index is -0.156. The first-order chi connectivity index (χ1) is 18.9. The zero-order chi connectivity index (χ0) is 27.5. The number of nitrogens with one attached hydrogen (secondary N) is 1. The quantitative estimate of drug-likeness (QED) is 0.334. The number of fused-ring (bicyclic) bond motifs is 1. The SMILES string of the molecule is [B]c1ccc2nc(=C)c(=C3CC(c4ccc(Br)cc4)N(C(=O)CCN(CC)CC)N3)c(-c3ccccc3)c2c1. The minimum Gasteiger partial charge on any atom is -0.303 e. The zero-order valence-electron chi connectivity index (χ0n) is 22.5. The molecule has 7 heteroatoms. The highest BCUT2D eigenvalue weighted by molar-refractivity contribution is 9.10. The van der Waals surface area contributed by atoms with Gasteiger partial charge in [0, 0.05) is 45.7 Å². The van der Waals surface area contributed by atoms with E-state index in [2.05, 4.69) is 70.9 Å². The maximum atomic E-state index is 13.7. The predicted octanol–water partition coefficient (Wildman–Crippen LogP) is 4.19. The Bertz CT molecular complexity index is 1600. The summed E-state index contributed by atoms with van der Waals surface area (Å²) >= 11 is 3.54. The van der Waals surface area contributed by atoms with Gasteiger partial charge in [-0.2, -0.15) is 0 Å². The molecule has 1 saturated heterocycles. The summed E-state index contributed by atoms with van der Waals surface area (Å²) in [5.41, 5.74) is 9.11. The van der Waals surface area contributed by atoms with Gasteiger partial charge < -0.3 is 4.90 Å². The Kier molecular flexibility index (Phi) is 8.19. The van der Waals surface area contributed by atoms with Crippen molar-refractivity contribution in [3.63, 3.8) is 0 Å². The Morgan fingerprint density at radius 2 is 1.82 bits per heavy atom. The lowest BCUT2D eigenvalue weighted by Gasteiger charge is -2.26. The van der Waals surface area contributed by atoms with E-state index in [1.165, 1.54) is 0 Å². The minimum absolute atomic E-state index is 0.0645. The highest BCUT2D eigenvalue weighted by atomic mass is 79.9. The fourth-order valence-corrected chi connectivity index (χ4v) is 5.64. The van der Waals surface area contributed by atoms with Gasteiger partial charge in [-0.3, -0.25) is 10.2 Å². The van der Waals surface area contributed by atoms with E-state index in [0.717, 1.165) is 62.6 Å². The number of hydrazine groups is 1. The van der Waals surface area contributed by atoms with E-state index in [4.69, 9.17) is 12.8 Å². The van der Waals surface area contributed by atoms with Crippen molar-refractivity contribution in [3.8, 4) is 11.1 Å². The second-order valence-corrected chi connectivity index (χ2v) is 10.8. The molecule has 2 radical (unpaired) electrons. The number of benzene rings is 3. The van der Waals surface area contributed by atoms with Crippen molar-refractivity contribution in [3.05, 3.63) is 93.4 Å².